The summed E-state index contributed by atoms with van der Waals surface area (Å²) >= 11 is 1.42. The fraction of sp³-hybridized carbons (Fsp3) is 0.714. The van der Waals surface area contributed by atoms with E-state index in [9.17, 15) is 8.42 Å². The summed E-state index contributed by atoms with van der Waals surface area (Å²) in [4.78, 5) is 3.57. The second kappa shape index (κ2) is 5.96. The van der Waals surface area contributed by atoms with E-state index in [1.54, 1.807) is 10.4 Å². The average Bonchev–Trinajstić information content (AvgIpc) is 2.96. The molecule has 5 nitrogen and oxygen atoms in total. The molecular formula is C14H23N3O2S2. The number of nitrogens with zero attached hydrogens (tertiary/aromatic N) is 2. The molecule has 0 saturated carbocycles. The van der Waals surface area contributed by atoms with Gasteiger partial charge in [0.05, 0.1) is 4.90 Å². The highest BCUT2D eigenvalue weighted by atomic mass is 32.2. The normalized spacial score (nSPS) is 28.5. The molecular weight excluding hydrogens is 306 g/mol. The van der Waals surface area contributed by atoms with E-state index in [4.69, 9.17) is 5.73 Å². The minimum atomic E-state index is -3.38. The van der Waals surface area contributed by atoms with Crippen molar-refractivity contribution in [3.8, 4) is 0 Å². The van der Waals surface area contributed by atoms with E-state index < -0.39 is 10.0 Å². The van der Waals surface area contributed by atoms with Crippen LogP contribution < -0.4 is 5.73 Å². The Balaban J connectivity index is 1.81. The molecule has 21 heavy (non-hydrogen) atoms. The summed E-state index contributed by atoms with van der Waals surface area (Å²) in [5.74, 6) is 0.465. The van der Waals surface area contributed by atoms with Gasteiger partial charge in [0.15, 0.2) is 0 Å². The predicted octanol–water partition coefficient (Wildman–Crippen LogP) is 1.31. The molecule has 118 valence electrons. The first-order valence-electron chi connectivity index (χ1n) is 7.51. The van der Waals surface area contributed by atoms with Crippen LogP contribution in [0, 0.1) is 5.92 Å². The van der Waals surface area contributed by atoms with Crippen LogP contribution in [0.4, 0.5) is 0 Å². The molecule has 1 aromatic rings. The molecule has 0 aliphatic carbocycles. The van der Waals surface area contributed by atoms with Crippen LogP contribution in [-0.2, 0) is 16.6 Å². The van der Waals surface area contributed by atoms with Crippen molar-refractivity contribution >= 4 is 21.4 Å². The third-order valence-electron chi connectivity index (χ3n) is 4.82. The molecule has 0 aromatic carbocycles. The van der Waals surface area contributed by atoms with Crippen molar-refractivity contribution in [2.75, 3.05) is 26.7 Å². The van der Waals surface area contributed by atoms with Crippen molar-refractivity contribution in [1.29, 1.82) is 0 Å². The molecule has 2 saturated heterocycles. The Morgan fingerprint density at radius 1 is 1.38 bits per heavy atom. The van der Waals surface area contributed by atoms with Crippen LogP contribution in [0.15, 0.2) is 16.3 Å². The van der Waals surface area contributed by atoms with E-state index in [0.29, 0.717) is 29.9 Å². The second-order valence-corrected chi connectivity index (χ2v) is 8.92. The van der Waals surface area contributed by atoms with Crippen molar-refractivity contribution in [3.63, 3.8) is 0 Å². The number of piperidine rings is 2. The molecule has 2 N–H and O–H groups in total. The van der Waals surface area contributed by atoms with E-state index in [2.05, 4.69) is 11.9 Å². The first kappa shape index (κ1) is 15.4. The Hall–Kier alpha value is -0.470. The van der Waals surface area contributed by atoms with Crippen LogP contribution in [0.5, 0.6) is 0 Å². The molecule has 3 heterocycles. The highest BCUT2D eigenvalue weighted by Gasteiger charge is 2.39. The van der Waals surface area contributed by atoms with E-state index in [1.807, 2.05) is 5.38 Å². The maximum absolute atomic E-state index is 12.8. The quantitative estimate of drug-likeness (QED) is 0.908. The van der Waals surface area contributed by atoms with Crippen LogP contribution in [0.25, 0.3) is 0 Å². The summed E-state index contributed by atoms with van der Waals surface area (Å²) in [6.45, 7) is 2.69. The van der Waals surface area contributed by atoms with Gasteiger partial charge in [-0.1, -0.05) is 0 Å². The van der Waals surface area contributed by atoms with E-state index >= 15 is 0 Å². The molecule has 2 atom stereocenters. The van der Waals surface area contributed by atoms with Gasteiger partial charge in [-0.2, -0.15) is 4.31 Å². The van der Waals surface area contributed by atoms with Crippen molar-refractivity contribution in [1.82, 2.24) is 9.21 Å². The first-order chi connectivity index (χ1) is 10.0. The number of sulfonamides is 1. The number of hydrogen-bond donors (Lipinski definition) is 1. The lowest BCUT2D eigenvalue weighted by Gasteiger charge is -2.45. The highest BCUT2D eigenvalue weighted by Crippen LogP contribution is 2.33. The van der Waals surface area contributed by atoms with E-state index in [0.717, 1.165) is 30.7 Å². The minimum absolute atomic E-state index is 0.287. The number of fused-ring (bicyclic) bond motifs is 1. The average molecular weight is 329 g/mol. The third kappa shape index (κ3) is 2.77. The topological polar surface area (TPSA) is 66.6 Å². The number of nitrogens with two attached hydrogens (primary N) is 1. The second-order valence-electron chi connectivity index (χ2n) is 6.01. The maximum atomic E-state index is 12.8. The Morgan fingerprint density at radius 3 is 2.95 bits per heavy atom. The lowest BCUT2D eigenvalue weighted by Crippen LogP contribution is -2.53. The third-order valence-corrected chi connectivity index (χ3v) is 7.84. The zero-order valence-electron chi connectivity index (χ0n) is 12.4. The Labute approximate surface area is 130 Å². The Kier molecular flexibility index (Phi) is 4.38. The van der Waals surface area contributed by atoms with Crippen molar-refractivity contribution in [2.45, 2.75) is 36.7 Å². The summed E-state index contributed by atoms with van der Waals surface area (Å²) in [7, 11) is -1.23. The van der Waals surface area contributed by atoms with Gasteiger partial charge in [0.1, 0.15) is 0 Å². The first-order valence-corrected chi connectivity index (χ1v) is 9.83. The molecule has 0 spiro atoms. The van der Waals surface area contributed by atoms with E-state index in [1.165, 1.54) is 11.3 Å². The van der Waals surface area contributed by atoms with E-state index in [-0.39, 0.29) is 6.54 Å². The van der Waals surface area contributed by atoms with Gasteiger partial charge in [-0.25, -0.2) is 8.42 Å². The van der Waals surface area contributed by atoms with Gasteiger partial charge in [0.25, 0.3) is 0 Å². The molecule has 2 aliphatic rings. The van der Waals surface area contributed by atoms with Gasteiger partial charge in [-0.05, 0) is 50.2 Å². The van der Waals surface area contributed by atoms with Crippen LogP contribution in [0.1, 0.15) is 24.1 Å². The Bertz CT molecular complexity index is 599. The minimum Gasteiger partial charge on any atom is -0.326 e. The highest BCUT2D eigenvalue weighted by molar-refractivity contribution is 7.89. The molecule has 0 bridgehead atoms. The fourth-order valence-electron chi connectivity index (χ4n) is 3.68. The van der Waals surface area contributed by atoms with Gasteiger partial charge in [0, 0.05) is 30.6 Å². The summed E-state index contributed by atoms with van der Waals surface area (Å²) in [6.07, 6.45) is 3.23. The van der Waals surface area contributed by atoms with Crippen LogP contribution >= 0.6 is 11.3 Å². The summed E-state index contributed by atoms with van der Waals surface area (Å²) in [5.41, 5.74) is 5.67. The summed E-state index contributed by atoms with van der Waals surface area (Å²) < 4.78 is 27.4. The van der Waals surface area contributed by atoms with Crippen molar-refractivity contribution in [2.24, 2.45) is 11.7 Å². The molecule has 2 unspecified atom stereocenters. The molecule has 7 heteroatoms. The lowest BCUT2D eigenvalue weighted by molar-refractivity contribution is 0.0671. The molecule has 1 aromatic heterocycles. The monoisotopic (exact) mass is 329 g/mol. The Morgan fingerprint density at radius 2 is 2.19 bits per heavy atom. The number of thiophene rings is 1. The maximum Gasteiger partial charge on any atom is 0.244 e. The number of rotatable bonds is 3. The standard InChI is InChI=1S/C14H23N3O2S2/c1-16-6-2-3-11-10-17(7-4-12(11)16)21(18,19)14-5-8-20-13(14)9-15/h5,8,11-12H,2-4,6-7,9-10,15H2,1H3. The largest absolute Gasteiger partial charge is 0.326 e. The van der Waals surface area contributed by atoms with Crippen LogP contribution in [0.2, 0.25) is 0 Å². The number of likely N-dealkylation sites (tertiary alicyclic amines) is 1. The molecule has 0 amide bonds. The van der Waals surface area contributed by atoms with Gasteiger partial charge in [0.2, 0.25) is 10.0 Å². The molecule has 2 fully saturated rings. The summed E-state index contributed by atoms with van der Waals surface area (Å²) in [6, 6.07) is 2.24. The molecule has 0 radical (unpaired) electrons. The van der Waals surface area contributed by atoms with Gasteiger partial charge >= 0.3 is 0 Å². The van der Waals surface area contributed by atoms with Crippen LogP contribution in [0.3, 0.4) is 0 Å². The molecule has 3 rings (SSSR count). The van der Waals surface area contributed by atoms with Crippen molar-refractivity contribution in [3.05, 3.63) is 16.3 Å². The van der Waals surface area contributed by atoms with Crippen LogP contribution in [-0.4, -0.2) is 50.3 Å². The predicted molar refractivity (Wildman–Crippen MR) is 84.7 cm³/mol. The lowest BCUT2D eigenvalue weighted by atomic mass is 9.85. The van der Waals surface area contributed by atoms with Crippen molar-refractivity contribution < 1.29 is 8.42 Å². The zero-order valence-corrected chi connectivity index (χ0v) is 14.0. The smallest absolute Gasteiger partial charge is 0.244 e. The SMILES string of the molecule is CN1CCCC2CN(S(=O)(=O)c3ccsc3CN)CCC21. The van der Waals surface area contributed by atoms with Gasteiger partial charge < -0.3 is 10.6 Å². The molecule has 2 aliphatic heterocycles. The summed E-state index contributed by atoms with van der Waals surface area (Å²) in [5, 5.41) is 1.82. The fourth-order valence-corrected chi connectivity index (χ4v) is 6.50. The van der Waals surface area contributed by atoms with Gasteiger partial charge in [-0.3, -0.25) is 0 Å². The van der Waals surface area contributed by atoms with Gasteiger partial charge in [-0.15, -0.1) is 11.3 Å². The number of hydrogen-bond acceptors (Lipinski definition) is 5. The zero-order chi connectivity index (χ0) is 15.0.